The molecule has 2 atom stereocenters. The molecule has 2 rings (SSSR count). The van der Waals surface area contributed by atoms with E-state index in [4.69, 9.17) is 10.5 Å². The molecule has 1 aromatic carbocycles. The molecule has 1 aliphatic rings. The zero-order valence-electron chi connectivity index (χ0n) is 12.7. The van der Waals surface area contributed by atoms with Gasteiger partial charge in [0.25, 0.3) is 0 Å². The van der Waals surface area contributed by atoms with Crippen LogP contribution in [0.15, 0.2) is 24.3 Å². The summed E-state index contributed by atoms with van der Waals surface area (Å²) in [4.78, 5) is 12.1. The molecule has 1 aromatic rings. The number of carbonyl (C=O) groups excluding carboxylic acids is 1. The first-order valence-electron chi connectivity index (χ1n) is 7.41. The van der Waals surface area contributed by atoms with Crippen molar-refractivity contribution < 1.29 is 9.53 Å². The predicted molar refractivity (Wildman–Crippen MR) is 80.3 cm³/mol. The summed E-state index contributed by atoms with van der Waals surface area (Å²) < 4.78 is 5.66. The highest BCUT2D eigenvalue weighted by molar-refractivity contribution is 5.70. The van der Waals surface area contributed by atoms with Gasteiger partial charge in [0, 0.05) is 6.04 Å². The molecule has 0 aromatic heterocycles. The number of aryl methyl sites for hydroxylation is 1. The fraction of sp³-hybridized carbons (Fsp3) is 0.588. The smallest absolute Gasteiger partial charge is 0.307 e. The van der Waals surface area contributed by atoms with Crippen LogP contribution in [0.4, 0.5) is 0 Å². The third-order valence-corrected chi connectivity index (χ3v) is 4.09. The van der Waals surface area contributed by atoms with Crippen LogP contribution in [0, 0.1) is 5.41 Å². The maximum Gasteiger partial charge on any atom is 0.307 e. The van der Waals surface area contributed by atoms with Gasteiger partial charge in [-0.15, -0.1) is 0 Å². The van der Waals surface area contributed by atoms with E-state index in [0.717, 1.165) is 24.8 Å². The van der Waals surface area contributed by atoms with Crippen molar-refractivity contribution in [3.05, 3.63) is 35.4 Å². The number of esters is 1. The van der Waals surface area contributed by atoms with Crippen molar-refractivity contribution in [3.8, 4) is 0 Å². The molecule has 0 bridgehead atoms. The highest BCUT2D eigenvalue weighted by atomic mass is 16.5. The van der Waals surface area contributed by atoms with E-state index in [1.807, 2.05) is 32.9 Å². The summed E-state index contributed by atoms with van der Waals surface area (Å²) in [6.07, 6.45) is 3.24. The van der Waals surface area contributed by atoms with Gasteiger partial charge in [0.05, 0.1) is 6.42 Å². The summed E-state index contributed by atoms with van der Waals surface area (Å²) in [5, 5.41) is 0. The number of ether oxygens (including phenoxy) is 1. The number of hydrogen-bond acceptors (Lipinski definition) is 3. The van der Waals surface area contributed by atoms with Crippen LogP contribution in [0.25, 0.3) is 0 Å². The highest BCUT2D eigenvalue weighted by Crippen LogP contribution is 2.33. The molecule has 3 nitrogen and oxygen atoms in total. The van der Waals surface area contributed by atoms with Crippen molar-refractivity contribution in [2.75, 3.05) is 0 Å². The van der Waals surface area contributed by atoms with E-state index in [9.17, 15) is 4.79 Å². The second-order valence-corrected chi connectivity index (χ2v) is 6.75. The van der Waals surface area contributed by atoms with E-state index in [2.05, 4.69) is 12.1 Å². The Morgan fingerprint density at radius 1 is 1.40 bits per heavy atom. The van der Waals surface area contributed by atoms with Gasteiger partial charge >= 0.3 is 5.97 Å². The van der Waals surface area contributed by atoms with Crippen molar-refractivity contribution in [3.63, 3.8) is 0 Å². The van der Waals surface area contributed by atoms with Gasteiger partial charge in [0.15, 0.2) is 0 Å². The van der Waals surface area contributed by atoms with Gasteiger partial charge in [-0.2, -0.15) is 0 Å². The topological polar surface area (TPSA) is 52.3 Å². The normalized spacial score (nSPS) is 20.1. The fourth-order valence-electron chi connectivity index (χ4n) is 2.52. The minimum absolute atomic E-state index is 0.0799. The van der Waals surface area contributed by atoms with E-state index in [1.165, 1.54) is 5.56 Å². The number of nitrogens with two attached hydrogens (primary N) is 1. The van der Waals surface area contributed by atoms with Gasteiger partial charge in [-0.1, -0.05) is 45.0 Å². The van der Waals surface area contributed by atoms with Crippen molar-refractivity contribution >= 4 is 5.97 Å². The van der Waals surface area contributed by atoms with E-state index < -0.39 is 0 Å². The zero-order chi connectivity index (χ0) is 14.8. The van der Waals surface area contributed by atoms with Crippen LogP contribution < -0.4 is 5.73 Å². The number of rotatable bonds is 3. The van der Waals surface area contributed by atoms with Gasteiger partial charge in [-0.25, -0.2) is 0 Å². The van der Waals surface area contributed by atoms with E-state index in [0.29, 0.717) is 0 Å². The lowest BCUT2D eigenvalue weighted by Gasteiger charge is -2.29. The molecule has 0 heterocycles. The molecule has 0 spiro atoms. The van der Waals surface area contributed by atoms with Crippen LogP contribution in [-0.2, 0) is 16.0 Å². The van der Waals surface area contributed by atoms with Gasteiger partial charge in [-0.05, 0) is 35.8 Å². The standard InChI is InChI=1S/C17H25NO2/c1-17(2,3)15(18)11-16(19)20-14-10-6-8-12-7-4-5-9-13(12)14/h4-5,7,9,14-15H,6,8,10-11,18H2,1-3H3. The first kappa shape index (κ1) is 15.0. The molecule has 2 unspecified atom stereocenters. The molecular formula is C17H25NO2. The van der Waals surface area contributed by atoms with Gasteiger partial charge in [0.1, 0.15) is 6.10 Å². The quantitative estimate of drug-likeness (QED) is 0.860. The Morgan fingerprint density at radius 3 is 2.80 bits per heavy atom. The summed E-state index contributed by atoms with van der Waals surface area (Å²) in [6.45, 7) is 6.13. The molecule has 0 saturated heterocycles. The van der Waals surface area contributed by atoms with Gasteiger partial charge in [0.2, 0.25) is 0 Å². The van der Waals surface area contributed by atoms with Crippen molar-refractivity contribution in [2.24, 2.45) is 11.1 Å². The van der Waals surface area contributed by atoms with Crippen LogP contribution in [0.3, 0.4) is 0 Å². The summed E-state index contributed by atoms with van der Waals surface area (Å²) in [5.74, 6) is -0.186. The van der Waals surface area contributed by atoms with Crippen LogP contribution >= 0.6 is 0 Å². The number of hydrogen-bond donors (Lipinski definition) is 1. The maximum atomic E-state index is 12.1. The maximum absolute atomic E-state index is 12.1. The third-order valence-electron chi connectivity index (χ3n) is 4.09. The summed E-state index contributed by atoms with van der Waals surface area (Å²) in [5.41, 5.74) is 8.44. The number of benzene rings is 1. The van der Waals surface area contributed by atoms with Gasteiger partial charge in [-0.3, -0.25) is 4.79 Å². The molecule has 20 heavy (non-hydrogen) atoms. The highest BCUT2D eigenvalue weighted by Gasteiger charge is 2.27. The third kappa shape index (κ3) is 3.60. The minimum atomic E-state index is -0.186. The Morgan fingerprint density at radius 2 is 2.10 bits per heavy atom. The first-order chi connectivity index (χ1) is 9.38. The molecule has 0 aliphatic heterocycles. The average Bonchev–Trinajstić information content (AvgIpc) is 2.38. The molecule has 0 radical (unpaired) electrons. The lowest BCUT2D eigenvalue weighted by molar-refractivity contribution is -0.151. The van der Waals surface area contributed by atoms with Crippen LogP contribution in [0.1, 0.15) is 57.3 Å². The molecule has 0 amide bonds. The van der Waals surface area contributed by atoms with E-state index >= 15 is 0 Å². The monoisotopic (exact) mass is 275 g/mol. The number of fused-ring (bicyclic) bond motifs is 1. The SMILES string of the molecule is CC(C)(C)C(N)CC(=O)OC1CCCc2ccccc21. The second kappa shape index (κ2) is 5.96. The Labute approximate surface area is 121 Å². The fourth-order valence-corrected chi connectivity index (χ4v) is 2.52. The molecule has 3 heteroatoms. The zero-order valence-corrected chi connectivity index (χ0v) is 12.7. The number of carbonyl (C=O) groups is 1. The molecule has 110 valence electrons. The molecule has 0 fully saturated rings. The molecular weight excluding hydrogens is 250 g/mol. The predicted octanol–water partition coefficient (Wildman–Crippen LogP) is 3.37. The Kier molecular flexibility index (Phi) is 4.48. The summed E-state index contributed by atoms with van der Waals surface area (Å²) in [6, 6.07) is 8.06. The van der Waals surface area contributed by atoms with Crippen LogP contribution in [-0.4, -0.2) is 12.0 Å². The van der Waals surface area contributed by atoms with Gasteiger partial charge < -0.3 is 10.5 Å². The Hall–Kier alpha value is -1.35. The Balaban J connectivity index is 1.99. The first-order valence-corrected chi connectivity index (χ1v) is 7.41. The molecule has 0 saturated carbocycles. The summed E-state index contributed by atoms with van der Waals surface area (Å²) >= 11 is 0. The largest absolute Gasteiger partial charge is 0.457 e. The minimum Gasteiger partial charge on any atom is -0.457 e. The lowest BCUT2D eigenvalue weighted by atomic mass is 9.85. The lowest BCUT2D eigenvalue weighted by Crippen LogP contribution is -2.37. The van der Waals surface area contributed by atoms with Crippen LogP contribution in [0.2, 0.25) is 0 Å². The van der Waals surface area contributed by atoms with E-state index in [1.54, 1.807) is 0 Å². The molecule has 2 N–H and O–H groups in total. The molecule has 1 aliphatic carbocycles. The van der Waals surface area contributed by atoms with Crippen molar-refractivity contribution in [1.29, 1.82) is 0 Å². The summed E-state index contributed by atoms with van der Waals surface area (Å²) in [7, 11) is 0. The van der Waals surface area contributed by atoms with E-state index in [-0.39, 0.29) is 30.0 Å². The average molecular weight is 275 g/mol. The van der Waals surface area contributed by atoms with Crippen LogP contribution in [0.5, 0.6) is 0 Å². The van der Waals surface area contributed by atoms with Crippen molar-refractivity contribution in [2.45, 2.75) is 58.6 Å². The second-order valence-electron chi connectivity index (χ2n) is 6.75. The van der Waals surface area contributed by atoms with Crippen molar-refractivity contribution in [1.82, 2.24) is 0 Å². The Bertz CT molecular complexity index is 476.